The van der Waals surface area contributed by atoms with Crippen LogP contribution in [0.15, 0.2) is 18.2 Å². The van der Waals surface area contributed by atoms with Crippen molar-refractivity contribution in [3.63, 3.8) is 0 Å². The summed E-state index contributed by atoms with van der Waals surface area (Å²) in [6.07, 6.45) is 3.97. The van der Waals surface area contributed by atoms with Crippen LogP contribution >= 0.6 is 0 Å². The molecule has 19 heavy (non-hydrogen) atoms. The van der Waals surface area contributed by atoms with Crippen molar-refractivity contribution in [3.8, 4) is 5.75 Å². The van der Waals surface area contributed by atoms with Crippen molar-refractivity contribution in [1.29, 1.82) is 0 Å². The lowest BCUT2D eigenvalue weighted by Gasteiger charge is -2.34. The summed E-state index contributed by atoms with van der Waals surface area (Å²) in [6, 6.07) is 4.71. The van der Waals surface area contributed by atoms with Crippen LogP contribution in [0.1, 0.15) is 39.5 Å². The third-order valence-electron chi connectivity index (χ3n) is 3.65. The first-order chi connectivity index (χ1) is 9.10. The summed E-state index contributed by atoms with van der Waals surface area (Å²) in [5, 5.41) is 3.29. The Kier molecular flexibility index (Phi) is 6.09. The van der Waals surface area contributed by atoms with E-state index in [9.17, 15) is 4.39 Å². The van der Waals surface area contributed by atoms with Crippen LogP contribution in [-0.2, 0) is 0 Å². The van der Waals surface area contributed by atoms with E-state index in [0.717, 1.165) is 25.7 Å². The largest absolute Gasteiger partial charge is 0.497 e. The summed E-state index contributed by atoms with van der Waals surface area (Å²) >= 11 is 0. The minimum absolute atomic E-state index is 0.247. The molecule has 0 aliphatic rings. The molecule has 108 valence electrons. The standard InChI is InChI=1S/C15H25FN2O/c1-4-6-9-15(5-2,11-17)18-14-10-12(19-3)7-8-13(14)16/h7-8,10,18H,4-6,9,11,17H2,1-3H3. The molecule has 0 aliphatic carbocycles. The second-order valence-corrected chi connectivity index (χ2v) is 4.91. The zero-order valence-corrected chi connectivity index (χ0v) is 12.1. The maximum absolute atomic E-state index is 13.9. The maximum Gasteiger partial charge on any atom is 0.146 e. The first-order valence-corrected chi connectivity index (χ1v) is 6.92. The van der Waals surface area contributed by atoms with E-state index < -0.39 is 0 Å². The number of unbranched alkanes of at least 4 members (excludes halogenated alkanes) is 1. The van der Waals surface area contributed by atoms with E-state index >= 15 is 0 Å². The minimum Gasteiger partial charge on any atom is -0.497 e. The van der Waals surface area contributed by atoms with Gasteiger partial charge in [0.2, 0.25) is 0 Å². The van der Waals surface area contributed by atoms with Gasteiger partial charge in [-0.05, 0) is 25.0 Å². The van der Waals surface area contributed by atoms with Crippen molar-refractivity contribution in [2.75, 3.05) is 19.0 Å². The van der Waals surface area contributed by atoms with Crippen LogP contribution < -0.4 is 15.8 Å². The molecule has 0 saturated heterocycles. The molecule has 3 nitrogen and oxygen atoms in total. The molecule has 1 atom stereocenters. The predicted molar refractivity (Wildman–Crippen MR) is 78.2 cm³/mol. The highest BCUT2D eigenvalue weighted by Crippen LogP contribution is 2.28. The molecule has 1 rings (SSSR count). The number of rotatable bonds is 8. The third kappa shape index (κ3) is 4.10. The van der Waals surface area contributed by atoms with Crippen LogP contribution in [-0.4, -0.2) is 19.2 Å². The molecule has 0 saturated carbocycles. The van der Waals surface area contributed by atoms with Crippen molar-refractivity contribution in [3.05, 3.63) is 24.0 Å². The smallest absolute Gasteiger partial charge is 0.146 e. The lowest BCUT2D eigenvalue weighted by Crippen LogP contribution is -2.45. The first kappa shape index (κ1) is 15.8. The van der Waals surface area contributed by atoms with Crippen LogP contribution in [0.5, 0.6) is 5.75 Å². The maximum atomic E-state index is 13.9. The molecule has 1 aromatic rings. The van der Waals surface area contributed by atoms with E-state index in [1.165, 1.54) is 6.07 Å². The molecule has 0 fully saturated rings. The van der Waals surface area contributed by atoms with Gasteiger partial charge in [0.05, 0.1) is 12.8 Å². The monoisotopic (exact) mass is 268 g/mol. The molecule has 0 bridgehead atoms. The van der Waals surface area contributed by atoms with Crippen molar-refractivity contribution >= 4 is 5.69 Å². The zero-order valence-electron chi connectivity index (χ0n) is 12.1. The van der Waals surface area contributed by atoms with Crippen LogP contribution in [0.25, 0.3) is 0 Å². The molecule has 0 radical (unpaired) electrons. The van der Waals surface area contributed by atoms with Crippen molar-refractivity contribution in [1.82, 2.24) is 0 Å². The number of hydrogen-bond donors (Lipinski definition) is 2. The second-order valence-electron chi connectivity index (χ2n) is 4.91. The number of anilines is 1. The summed E-state index contributed by atoms with van der Waals surface area (Å²) < 4.78 is 19.0. The Balaban J connectivity index is 2.95. The second kappa shape index (κ2) is 7.34. The summed E-state index contributed by atoms with van der Waals surface area (Å²) in [4.78, 5) is 0. The average Bonchev–Trinajstić information content (AvgIpc) is 2.45. The molecule has 4 heteroatoms. The van der Waals surface area contributed by atoms with Gasteiger partial charge >= 0.3 is 0 Å². The van der Waals surface area contributed by atoms with Gasteiger partial charge in [0.25, 0.3) is 0 Å². The Morgan fingerprint density at radius 2 is 2.11 bits per heavy atom. The summed E-state index contributed by atoms with van der Waals surface area (Å²) in [5.41, 5.74) is 6.13. The molecule has 0 heterocycles. The van der Waals surface area contributed by atoms with Gasteiger partial charge in [0.1, 0.15) is 11.6 Å². The van der Waals surface area contributed by atoms with E-state index in [1.807, 2.05) is 0 Å². The molecule has 1 aromatic carbocycles. The quantitative estimate of drug-likeness (QED) is 0.758. The van der Waals surface area contributed by atoms with Crippen LogP contribution in [0, 0.1) is 5.82 Å². The highest BCUT2D eigenvalue weighted by molar-refractivity contribution is 5.51. The van der Waals surface area contributed by atoms with Crippen molar-refractivity contribution < 1.29 is 9.13 Å². The molecule has 0 aromatic heterocycles. The summed E-state index contributed by atoms with van der Waals surface area (Å²) in [6.45, 7) is 4.71. The molecule has 3 N–H and O–H groups in total. The lowest BCUT2D eigenvalue weighted by atomic mass is 9.89. The van der Waals surface area contributed by atoms with Gasteiger partial charge in [0.15, 0.2) is 0 Å². The molecular formula is C15H25FN2O. The van der Waals surface area contributed by atoms with E-state index in [-0.39, 0.29) is 11.4 Å². The first-order valence-electron chi connectivity index (χ1n) is 6.92. The zero-order chi connectivity index (χ0) is 14.3. The number of nitrogens with two attached hydrogens (primary N) is 1. The Morgan fingerprint density at radius 1 is 1.37 bits per heavy atom. The predicted octanol–water partition coefficient (Wildman–Crippen LogP) is 3.54. The average molecular weight is 268 g/mol. The van der Waals surface area contributed by atoms with Gasteiger partial charge in [-0.1, -0.05) is 26.7 Å². The Morgan fingerprint density at radius 3 is 2.63 bits per heavy atom. The fourth-order valence-corrected chi connectivity index (χ4v) is 2.15. The van der Waals surface area contributed by atoms with E-state index in [4.69, 9.17) is 10.5 Å². The highest BCUT2D eigenvalue weighted by Gasteiger charge is 2.26. The summed E-state index contributed by atoms with van der Waals surface area (Å²) in [5.74, 6) is 0.366. The van der Waals surface area contributed by atoms with Gasteiger partial charge in [-0.15, -0.1) is 0 Å². The highest BCUT2D eigenvalue weighted by atomic mass is 19.1. The number of benzene rings is 1. The molecular weight excluding hydrogens is 243 g/mol. The van der Waals surface area contributed by atoms with Crippen LogP contribution in [0.3, 0.4) is 0 Å². The fourth-order valence-electron chi connectivity index (χ4n) is 2.15. The van der Waals surface area contributed by atoms with Gasteiger partial charge in [-0.25, -0.2) is 4.39 Å². The third-order valence-corrected chi connectivity index (χ3v) is 3.65. The van der Waals surface area contributed by atoms with Crippen LogP contribution in [0.2, 0.25) is 0 Å². The topological polar surface area (TPSA) is 47.3 Å². The number of hydrogen-bond acceptors (Lipinski definition) is 3. The normalized spacial score (nSPS) is 13.9. The number of ether oxygens (including phenoxy) is 1. The Bertz CT molecular complexity index is 392. The Labute approximate surface area is 115 Å². The van der Waals surface area contributed by atoms with E-state index in [0.29, 0.717) is 18.0 Å². The fraction of sp³-hybridized carbons (Fsp3) is 0.600. The van der Waals surface area contributed by atoms with Crippen molar-refractivity contribution in [2.45, 2.75) is 45.1 Å². The van der Waals surface area contributed by atoms with E-state index in [2.05, 4.69) is 19.2 Å². The number of methoxy groups -OCH3 is 1. The molecule has 0 spiro atoms. The number of nitrogens with one attached hydrogen (secondary N) is 1. The van der Waals surface area contributed by atoms with Gasteiger partial charge in [-0.3, -0.25) is 0 Å². The molecule has 0 amide bonds. The van der Waals surface area contributed by atoms with Crippen molar-refractivity contribution in [2.24, 2.45) is 5.73 Å². The van der Waals surface area contributed by atoms with Gasteiger partial charge in [-0.2, -0.15) is 0 Å². The van der Waals surface area contributed by atoms with Crippen LogP contribution in [0.4, 0.5) is 10.1 Å². The number of halogens is 1. The SMILES string of the molecule is CCCCC(CC)(CN)Nc1cc(OC)ccc1F. The Hall–Kier alpha value is -1.29. The van der Waals surface area contributed by atoms with E-state index in [1.54, 1.807) is 19.2 Å². The summed E-state index contributed by atoms with van der Waals surface area (Å²) in [7, 11) is 1.57. The molecule has 0 aliphatic heterocycles. The van der Waals surface area contributed by atoms with Gasteiger partial charge in [0, 0.05) is 18.2 Å². The minimum atomic E-state index is -0.274. The van der Waals surface area contributed by atoms with Gasteiger partial charge < -0.3 is 15.8 Å². The molecule has 1 unspecified atom stereocenters. The lowest BCUT2D eigenvalue weighted by molar-refractivity contribution is 0.404.